The van der Waals surface area contributed by atoms with Crippen molar-refractivity contribution in [3.05, 3.63) is 59.7 Å². The molecule has 0 aliphatic heterocycles. The van der Waals surface area contributed by atoms with Crippen LogP contribution in [0.15, 0.2) is 53.4 Å². The second-order valence-corrected chi connectivity index (χ2v) is 6.50. The Morgan fingerprint density at radius 1 is 1.12 bits per heavy atom. The Hall–Kier alpha value is -2.68. The predicted octanol–water partition coefficient (Wildman–Crippen LogP) is 3.24. The van der Waals surface area contributed by atoms with E-state index < -0.39 is 41.0 Å². The maximum absolute atomic E-state index is 12.6. The summed E-state index contributed by atoms with van der Waals surface area (Å²) in [6.07, 6.45) is -3.14. The van der Waals surface area contributed by atoms with Gasteiger partial charge in [0.1, 0.15) is 0 Å². The van der Waals surface area contributed by atoms with Crippen molar-refractivity contribution >= 4 is 28.4 Å². The van der Waals surface area contributed by atoms with Crippen LogP contribution in [-0.4, -0.2) is 28.9 Å². The van der Waals surface area contributed by atoms with Gasteiger partial charge in [0.15, 0.2) is 6.61 Å². The van der Waals surface area contributed by atoms with Crippen LogP contribution in [0, 0.1) is 0 Å². The molecule has 0 heterocycles. The third-order valence-corrected chi connectivity index (χ3v) is 4.20. The van der Waals surface area contributed by atoms with E-state index >= 15 is 0 Å². The summed E-state index contributed by atoms with van der Waals surface area (Å²) in [5, 5.41) is 2.22. The van der Waals surface area contributed by atoms with Crippen LogP contribution in [0.5, 0.6) is 0 Å². The van der Waals surface area contributed by atoms with E-state index in [1.54, 1.807) is 12.1 Å². The highest BCUT2D eigenvalue weighted by molar-refractivity contribution is 7.84. The molecule has 0 aromatic heterocycles. The first-order valence-corrected chi connectivity index (χ1v) is 8.81. The first-order valence-electron chi connectivity index (χ1n) is 7.25. The number of nitrogens with one attached hydrogen (secondary N) is 1. The maximum Gasteiger partial charge on any atom is 0.416 e. The van der Waals surface area contributed by atoms with Gasteiger partial charge in [0.05, 0.1) is 26.8 Å². The van der Waals surface area contributed by atoms with Crippen LogP contribution in [0.1, 0.15) is 15.9 Å². The van der Waals surface area contributed by atoms with Crippen LogP contribution in [-0.2, 0) is 26.5 Å². The molecule has 9 heteroatoms. The Balaban J connectivity index is 1.99. The zero-order valence-corrected chi connectivity index (χ0v) is 14.3. The van der Waals surface area contributed by atoms with Gasteiger partial charge in [0, 0.05) is 11.9 Å². The number of carbonyl (C=O) groups excluding carboxylic acids is 2. The van der Waals surface area contributed by atoms with E-state index in [1.165, 1.54) is 24.5 Å². The number of hydrogen-bond acceptors (Lipinski definition) is 4. The molecule has 5 nitrogen and oxygen atoms in total. The molecule has 1 amide bonds. The molecule has 0 aliphatic carbocycles. The molecule has 26 heavy (non-hydrogen) atoms. The van der Waals surface area contributed by atoms with Gasteiger partial charge in [-0.05, 0) is 30.3 Å². The van der Waals surface area contributed by atoms with Gasteiger partial charge in [-0.15, -0.1) is 0 Å². The minimum Gasteiger partial charge on any atom is -0.452 e. The molecule has 0 bridgehead atoms. The van der Waals surface area contributed by atoms with E-state index in [9.17, 15) is 27.0 Å². The van der Waals surface area contributed by atoms with Gasteiger partial charge in [-0.3, -0.25) is 9.00 Å². The van der Waals surface area contributed by atoms with E-state index in [1.807, 2.05) is 0 Å². The Labute approximate surface area is 149 Å². The molecule has 0 spiro atoms. The minimum absolute atomic E-state index is 0.0557. The number of esters is 1. The van der Waals surface area contributed by atoms with Gasteiger partial charge in [-0.1, -0.05) is 18.2 Å². The number of benzene rings is 2. The highest BCUT2D eigenvalue weighted by Crippen LogP contribution is 2.30. The Kier molecular flexibility index (Phi) is 6.14. The maximum atomic E-state index is 12.6. The van der Waals surface area contributed by atoms with Crippen molar-refractivity contribution in [3.63, 3.8) is 0 Å². The molecule has 1 N–H and O–H groups in total. The van der Waals surface area contributed by atoms with Gasteiger partial charge < -0.3 is 10.1 Å². The first-order chi connectivity index (χ1) is 12.2. The lowest BCUT2D eigenvalue weighted by Gasteiger charge is -2.10. The molecule has 0 aliphatic rings. The van der Waals surface area contributed by atoms with E-state index in [4.69, 9.17) is 4.74 Å². The van der Waals surface area contributed by atoms with Crippen LogP contribution in [0.4, 0.5) is 18.9 Å². The fourth-order valence-corrected chi connectivity index (χ4v) is 2.80. The Morgan fingerprint density at radius 3 is 2.46 bits per heavy atom. The van der Waals surface area contributed by atoms with Crippen LogP contribution in [0.2, 0.25) is 0 Å². The molecule has 2 aromatic carbocycles. The summed E-state index contributed by atoms with van der Waals surface area (Å²) >= 11 is 0. The van der Waals surface area contributed by atoms with Gasteiger partial charge >= 0.3 is 12.1 Å². The van der Waals surface area contributed by atoms with Crippen LogP contribution in [0.25, 0.3) is 0 Å². The molecule has 0 unspecified atom stereocenters. The molecular formula is C17H14F3NO4S. The molecule has 1 atom stereocenters. The average Bonchev–Trinajstić information content (AvgIpc) is 2.59. The number of rotatable bonds is 5. The monoisotopic (exact) mass is 385 g/mol. The van der Waals surface area contributed by atoms with Crippen molar-refractivity contribution in [2.45, 2.75) is 11.1 Å². The topological polar surface area (TPSA) is 72.5 Å². The van der Waals surface area contributed by atoms with Crippen molar-refractivity contribution in [2.75, 3.05) is 18.2 Å². The van der Waals surface area contributed by atoms with Crippen LogP contribution < -0.4 is 5.32 Å². The van der Waals surface area contributed by atoms with Crippen molar-refractivity contribution in [1.29, 1.82) is 0 Å². The SMILES string of the molecule is C[S@@](=O)c1ccccc1C(=O)OCC(=O)Nc1cccc(C(F)(F)F)c1. The third-order valence-electron chi connectivity index (χ3n) is 3.22. The molecule has 2 aromatic rings. The second kappa shape index (κ2) is 8.13. The zero-order valence-electron chi connectivity index (χ0n) is 13.5. The van der Waals surface area contributed by atoms with Crippen LogP contribution >= 0.6 is 0 Å². The summed E-state index contributed by atoms with van der Waals surface area (Å²) in [5.74, 6) is -1.65. The first kappa shape index (κ1) is 19.6. The highest BCUT2D eigenvalue weighted by Gasteiger charge is 2.30. The van der Waals surface area contributed by atoms with Gasteiger partial charge in [0.25, 0.3) is 5.91 Å². The lowest BCUT2D eigenvalue weighted by atomic mass is 10.2. The van der Waals surface area contributed by atoms with E-state index in [-0.39, 0.29) is 16.1 Å². The number of amides is 1. The molecule has 138 valence electrons. The number of hydrogen-bond donors (Lipinski definition) is 1. The summed E-state index contributed by atoms with van der Waals surface area (Å²) < 4.78 is 54.4. The fraction of sp³-hybridized carbons (Fsp3) is 0.176. The standard InChI is InChI=1S/C17H14F3NO4S/c1-26(24)14-8-3-2-7-13(14)16(23)25-10-15(22)21-12-6-4-5-11(9-12)17(18,19)20/h2-9H,10H2,1H3,(H,21,22)/t26-/m1/s1. The van der Waals surface area contributed by atoms with Gasteiger partial charge in [0.2, 0.25) is 0 Å². The largest absolute Gasteiger partial charge is 0.452 e. The number of halogens is 3. The summed E-state index contributed by atoms with van der Waals surface area (Å²) in [5.41, 5.74) is -0.928. The molecule has 2 rings (SSSR count). The average molecular weight is 385 g/mol. The summed E-state index contributed by atoms with van der Waals surface area (Å²) in [4.78, 5) is 24.1. The number of ether oxygens (including phenoxy) is 1. The lowest BCUT2D eigenvalue weighted by Crippen LogP contribution is -2.21. The van der Waals surface area contributed by atoms with Crippen molar-refractivity contribution in [3.8, 4) is 0 Å². The number of alkyl halides is 3. The van der Waals surface area contributed by atoms with Crippen molar-refractivity contribution in [1.82, 2.24) is 0 Å². The fourth-order valence-electron chi connectivity index (χ4n) is 2.07. The quantitative estimate of drug-likeness (QED) is 0.802. The second-order valence-electron chi connectivity index (χ2n) is 5.15. The molecule has 0 radical (unpaired) electrons. The highest BCUT2D eigenvalue weighted by atomic mass is 32.2. The normalized spacial score (nSPS) is 12.3. The number of anilines is 1. The van der Waals surface area contributed by atoms with E-state index in [0.717, 1.165) is 18.2 Å². The van der Waals surface area contributed by atoms with E-state index in [0.29, 0.717) is 0 Å². The minimum atomic E-state index is -4.54. The lowest BCUT2D eigenvalue weighted by molar-refractivity contribution is -0.137. The zero-order chi connectivity index (χ0) is 19.3. The van der Waals surface area contributed by atoms with Crippen molar-refractivity contribution < 1.29 is 31.7 Å². The molecule has 0 fully saturated rings. The summed E-state index contributed by atoms with van der Waals surface area (Å²) in [7, 11) is -1.43. The van der Waals surface area contributed by atoms with Gasteiger partial charge in [-0.25, -0.2) is 4.79 Å². The van der Waals surface area contributed by atoms with Gasteiger partial charge in [-0.2, -0.15) is 13.2 Å². The third kappa shape index (κ3) is 5.16. The van der Waals surface area contributed by atoms with Crippen LogP contribution in [0.3, 0.4) is 0 Å². The number of carbonyl (C=O) groups is 2. The Morgan fingerprint density at radius 2 is 1.81 bits per heavy atom. The smallest absolute Gasteiger partial charge is 0.416 e. The summed E-state index contributed by atoms with van der Waals surface area (Å²) in [6.45, 7) is -0.695. The summed E-state index contributed by atoms with van der Waals surface area (Å²) in [6, 6.07) is 10.1. The van der Waals surface area contributed by atoms with Crippen molar-refractivity contribution in [2.24, 2.45) is 0 Å². The van der Waals surface area contributed by atoms with E-state index in [2.05, 4.69) is 5.32 Å². The molecule has 0 saturated carbocycles. The molecular weight excluding hydrogens is 371 g/mol. The predicted molar refractivity (Wildman–Crippen MR) is 89.1 cm³/mol. The Bertz CT molecular complexity index is 852. The molecule has 0 saturated heterocycles.